The summed E-state index contributed by atoms with van der Waals surface area (Å²) in [5.41, 5.74) is 1.34. The Bertz CT molecular complexity index is 752. The summed E-state index contributed by atoms with van der Waals surface area (Å²) in [5, 5.41) is 11.5. The number of nitrogens with two attached hydrogens (primary N) is 1. The predicted octanol–water partition coefficient (Wildman–Crippen LogP) is 2.88. The van der Waals surface area contributed by atoms with Gasteiger partial charge in [0.25, 0.3) is 0 Å². The van der Waals surface area contributed by atoms with Crippen LogP contribution in [0.15, 0.2) is 29.4 Å². The van der Waals surface area contributed by atoms with Crippen molar-refractivity contribution in [1.29, 1.82) is 0 Å². The van der Waals surface area contributed by atoms with E-state index in [1.54, 1.807) is 0 Å². The first-order chi connectivity index (χ1) is 12.7. The molecule has 1 unspecified atom stereocenters. The molecule has 27 heavy (non-hydrogen) atoms. The number of benzene rings is 1. The lowest BCUT2D eigenvalue weighted by Crippen LogP contribution is -2.33. The first-order valence-corrected chi connectivity index (χ1v) is 10.0. The average Bonchev–Trinajstić information content (AvgIpc) is 2.97. The fraction of sp³-hybridized carbons (Fsp3) is 0.526. The molecule has 0 aliphatic heterocycles. The Morgan fingerprint density at radius 1 is 1.30 bits per heavy atom. The fourth-order valence-electron chi connectivity index (χ4n) is 2.25. The maximum Gasteiger partial charge on any atom is 0.230 e. The van der Waals surface area contributed by atoms with Gasteiger partial charge in [-0.05, 0) is 36.5 Å². The summed E-state index contributed by atoms with van der Waals surface area (Å²) in [6.45, 7) is 10.7. The Balaban J connectivity index is 1.89. The number of nitrogens with zero attached hydrogens (tertiary/aromatic N) is 3. The number of rotatable bonds is 8. The second-order valence-corrected chi connectivity index (χ2v) is 8.44. The Hall–Kier alpha value is -2.22. The maximum absolute atomic E-state index is 11.9. The number of carbonyl (C=O) groups is 1. The maximum atomic E-state index is 11.9. The molecule has 8 heteroatoms. The van der Waals surface area contributed by atoms with Crippen LogP contribution in [0.5, 0.6) is 5.75 Å². The number of carbonyl (C=O) groups excluding carboxylic acids is 1. The molecule has 1 amide bonds. The van der Waals surface area contributed by atoms with Crippen molar-refractivity contribution in [2.45, 2.75) is 64.3 Å². The minimum atomic E-state index is -0.0471. The monoisotopic (exact) mass is 391 g/mol. The van der Waals surface area contributed by atoms with Crippen molar-refractivity contribution in [2.24, 2.45) is 0 Å². The SMILES string of the molecule is CCC(C)NC(=O)CSc1nnc(COc2ccc(C(C)(C)C)cc2)n1N. The zero-order chi connectivity index (χ0) is 20.0. The Kier molecular flexibility index (Phi) is 7.12. The predicted molar refractivity (Wildman–Crippen MR) is 108 cm³/mol. The number of hydrogen-bond acceptors (Lipinski definition) is 6. The minimum absolute atomic E-state index is 0.0471. The van der Waals surface area contributed by atoms with E-state index in [0.29, 0.717) is 11.0 Å². The summed E-state index contributed by atoms with van der Waals surface area (Å²) in [5.74, 6) is 7.46. The quantitative estimate of drug-likeness (QED) is 0.531. The molecular weight excluding hydrogens is 362 g/mol. The molecule has 2 aromatic rings. The van der Waals surface area contributed by atoms with Crippen LogP contribution in [0.25, 0.3) is 0 Å². The molecular formula is C19H29N5O2S. The Morgan fingerprint density at radius 2 is 1.96 bits per heavy atom. The van der Waals surface area contributed by atoms with E-state index in [4.69, 9.17) is 10.6 Å². The molecule has 7 nitrogen and oxygen atoms in total. The van der Waals surface area contributed by atoms with Crippen molar-refractivity contribution in [2.75, 3.05) is 11.6 Å². The molecule has 3 N–H and O–H groups in total. The van der Waals surface area contributed by atoms with Gasteiger partial charge in [0.15, 0.2) is 5.82 Å². The highest BCUT2D eigenvalue weighted by molar-refractivity contribution is 7.99. The number of thioether (sulfide) groups is 1. The van der Waals surface area contributed by atoms with Crippen LogP contribution in [0.3, 0.4) is 0 Å². The Labute approximate surface area is 165 Å². The number of aromatic nitrogens is 3. The lowest BCUT2D eigenvalue weighted by Gasteiger charge is -2.19. The molecule has 1 aromatic carbocycles. The summed E-state index contributed by atoms with van der Waals surface area (Å²) in [6.07, 6.45) is 0.891. The summed E-state index contributed by atoms with van der Waals surface area (Å²) in [6, 6.07) is 8.14. The zero-order valence-electron chi connectivity index (χ0n) is 16.7. The average molecular weight is 392 g/mol. The van der Waals surface area contributed by atoms with E-state index in [0.717, 1.165) is 12.2 Å². The van der Waals surface area contributed by atoms with Gasteiger partial charge in [-0.25, -0.2) is 4.68 Å². The highest BCUT2D eigenvalue weighted by atomic mass is 32.2. The van der Waals surface area contributed by atoms with Crippen LogP contribution < -0.4 is 15.9 Å². The summed E-state index contributed by atoms with van der Waals surface area (Å²) >= 11 is 1.25. The van der Waals surface area contributed by atoms with Gasteiger partial charge in [-0.3, -0.25) is 4.79 Å². The van der Waals surface area contributed by atoms with E-state index in [1.807, 2.05) is 26.0 Å². The highest BCUT2D eigenvalue weighted by Gasteiger charge is 2.15. The molecule has 1 heterocycles. The normalized spacial score (nSPS) is 12.6. The third kappa shape index (κ3) is 6.16. The van der Waals surface area contributed by atoms with Crippen molar-refractivity contribution in [3.05, 3.63) is 35.7 Å². The van der Waals surface area contributed by atoms with E-state index < -0.39 is 0 Å². The van der Waals surface area contributed by atoms with Crippen molar-refractivity contribution in [3.63, 3.8) is 0 Å². The molecule has 0 bridgehead atoms. The van der Waals surface area contributed by atoms with Crippen LogP contribution in [0.4, 0.5) is 0 Å². The fourth-order valence-corrected chi connectivity index (χ4v) is 2.94. The lowest BCUT2D eigenvalue weighted by molar-refractivity contribution is -0.119. The van der Waals surface area contributed by atoms with Gasteiger partial charge in [0.1, 0.15) is 12.4 Å². The van der Waals surface area contributed by atoms with Crippen LogP contribution in [0.1, 0.15) is 52.4 Å². The number of amides is 1. The van der Waals surface area contributed by atoms with Crippen molar-refractivity contribution < 1.29 is 9.53 Å². The molecule has 0 spiro atoms. The van der Waals surface area contributed by atoms with E-state index in [1.165, 1.54) is 22.0 Å². The molecule has 0 saturated carbocycles. The number of nitrogens with one attached hydrogen (secondary N) is 1. The van der Waals surface area contributed by atoms with Gasteiger partial charge >= 0.3 is 0 Å². The van der Waals surface area contributed by atoms with Gasteiger partial charge in [-0.1, -0.05) is 51.6 Å². The van der Waals surface area contributed by atoms with Gasteiger partial charge in [0, 0.05) is 6.04 Å². The first-order valence-electron chi connectivity index (χ1n) is 9.05. The van der Waals surface area contributed by atoms with E-state index in [2.05, 4.69) is 48.4 Å². The number of hydrogen-bond donors (Lipinski definition) is 2. The number of ether oxygens (including phenoxy) is 1. The number of nitrogen functional groups attached to an aromatic ring is 1. The van der Waals surface area contributed by atoms with Crippen molar-refractivity contribution in [1.82, 2.24) is 20.2 Å². The van der Waals surface area contributed by atoms with Gasteiger partial charge in [-0.15, -0.1) is 10.2 Å². The van der Waals surface area contributed by atoms with Crippen molar-refractivity contribution in [3.8, 4) is 5.75 Å². The van der Waals surface area contributed by atoms with E-state index in [9.17, 15) is 4.79 Å². The molecule has 0 aliphatic carbocycles. The first kappa shape index (κ1) is 21.1. The molecule has 0 fully saturated rings. The molecule has 0 radical (unpaired) electrons. The van der Waals surface area contributed by atoms with E-state index >= 15 is 0 Å². The second kappa shape index (κ2) is 9.12. The van der Waals surface area contributed by atoms with Crippen LogP contribution in [0.2, 0.25) is 0 Å². The summed E-state index contributed by atoms with van der Waals surface area (Å²) in [7, 11) is 0. The van der Waals surface area contributed by atoms with Gasteiger partial charge in [0.2, 0.25) is 11.1 Å². The zero-order valence-corrected chi connectivity index (χ0v) is 17.5. The van der Waals surface area contributed by atoms with Crippen LogP contribution >= 0.6 is 11.8 Å². The second-order valence-electron chi connectivity index (χ2n) is 7.50. The summed E-state index contributed by atoms with van der Waals surface area (Å²) in [4.78, 5) is 11.9. The summed E-state index contributed by atoms with van der Waals surface area (Å²) < 4.78 is 7.12. The van der Waals surface area contributed by atoms with Gasteiger partial charge in [0.05, 0.1) is 5.75 Å². The van der Waals surface area contributed by atoms with Gasteiger partial charge < -0.3 is 15.9 Å². The third-order valence-electron chi connectivity index (χ3n) is 4.18. The molecule has 1 atom stereocenters. The Morgan fingerprint density at radius 3 is 2.56 bits per heavy atom. The van der Waals surface area contributed by atoms with Crippen LogP contribution in [-0.2, 0) is 16.8 Å². The third-order valence-corrected chi connectivity index (χ3v) is 5.12. The largest absolute Gasteiger partial charge is 0.486 e. The van der Waals surface area contributed by atoms with E-state index in [-0.39, 0.29) is 29.7 Å². The van der Waals surface area contributed by atoms with Crippen molar-refractivity contribution >= 4 is 17.7 Å². The lowest BCUT2D eigenvalue weighted by atomic mass is 9.87. The highest BCUT2D eigenvalue weighted by Crippen LogP contribution is 2.24. The molecule has 0 aliphatic rings. The van der Waals surface area contributed by atoms with Crippen LogP contribution in [-0.4, -0.2) is 32.6 Å². The molecule has 148 valence electrons. The van der Waals surface area contributed by atoms with Crippen LogP contribution in [0, 0.1) is 0 Å². The molecule has 0 saturated heterocycles. The topological polar surface area (TPSA) is 95.1 Å². The molecule has 2 rings (SSSR count). The smallest absolute Gasteiger partial charge is 0.230 e. The van der Waals surface area contributed by atoms with Gasteiger partial charge in [-0.2, -0.15) is 0 Å². The molecule has 1 aromatic heterocycles. The minimum Gasteiger partial charge on any atom is -0.486 e. The standard InChI is InChI=1S/C19H29N5O2S/c1-6-13(2)21-17(25)12-27-18-23-22-16(24(18)20)11-26-15-9-7-14(8-10-15)19(3,4)5/h7-10,13H,6,11-12,20H2,1-5H3,(H,21,25).